The van der Waals surface area contributed by atoms with Crippen molar-refractivity contribution in [2.75, 3.05) is 7.11 Å². The summed E-state index contributed by atoms with van der Waals surface area (Å²) in [5, 5.41) is 5.75. The van der Waals surface area contributed by atoms with Crippen molar-refractivity contribution in [3.63, 3.8) is 0 Å². The molecule has 0 spiro atoms. The van der Waals surface area contributed by atoms with Gasteiger partial charge in [0.2, 0.25) is 0 Å². The minimum atomic E-state index is -0.909. The van der Waals surface area contributed by atoms with E-state index < -0.39 is 29.0 Å². The molecule has 0 aliphatic rings. The lowest BCUT2D eigenvalue weighted by molar-refractivity contribution is -0.143. The molecule has 1 unspecified atom stereocenters. The maximum atomic E-state index is 11.8. The number of esters is 1. The highest BCUT2D eigenvalue weighted by Gasteiger charge is 2.31. The number of alkyl carbamates (subject to hydrolysis) is 1. The zero-order chi connectivity index (χ0) is 15.3. The summed E-state index contributed by atoms with van der Waals surface area (Å²) in [6, 6.07) is 0.933. The number of hydrogen-bond acceptors (Lipinski definition) is 6. The zero-order valence-corrected chi connectivity index (χ0v) is 13.6. The number of amides is 1. The van der Waals surface area contributed by atoms with Crippen LogP contribution in [-0.2, 0) is 14.3 Å². The third-order valence-corrected chi connectivity index (χ3v) is 3.63. The molecule has 1 aromatic rings. The highest BCUT2D eigenvalue weighted by Crippen LogP contribution is 2.26. The number of ether oxygens (including phenoxy) is 2. The first-order valence-electron chi connectivity index (χ1n) is 6.02. The number of rotatable bonds is 4. The molecule has 1 rings (SSSR count). The van der Waals surface area contributed by atoms with Gasteiger partial charge in [0, 0.05) is 0 Å². The summed E-state index contributed by atoms with van der Waals surface area (Å²) in [4.78, 5) is 23.6. The van der Waals surface area contributed by atoms with E-state index in [9.17, 15) is 9.59 Å². The van der Waals surface area contributed by atoms with Crippen LogP contribution in [0.5, 0.6) is 0 Å². The van der Waals surface area contributed by atoms with Crippen LogP contribution in [-0.4, -0.2) is 30.8 Å². The van der Waals surface area contributed by atoms with E-state index >= 15 is 0 Å². The Morgan fingerprint density at radius 1 is 1.40 bits per heavy atom. The summed E-state index contributed by atoms with van der Waals surface area (Å²) < 4.78 is 9.85. The van der Waals surface area contributed by atoms with E-state index in [2.05, 4.69) is 17.9 Å². The van der Waals surface area contributed by atoms with Crippen LogP contribution >= 0.6 is 24.0 Å². The van der Waals surface area contributed by atoms with E-state index in [1.54, 1.807) is 20.8 Å². The first-order valence-corrected chi connectivity index (χ1v) is 7.48. The van der Waals surface area contributed by atoms with Gasteiger partial charge in [-0.05, 0) is 43.2 Å². The number of thiophene rings is 1. The fourth-order valence-corrected chi connectivity index (χ4v) is 2.62. The Labute approximate surface area is 128 Å². The Kier molecular flexibility index (Phi) is 5.88. The average molecular weight is 317 g/mol. The van der Waals surface area contributed by atoms with Crippen molar-refractivity contribution < 1.29 is 19.1 Å². The largest absolute Gasteiger partial charge is 0.467 e. The molecule has 0 saturated carbocycles. The molecule has 0 aromatic carbocycles. The Morgan fingerprint density at radius 2 is 2.05 bits per heavy atom. The third-order valence-electron chi connectivity index (χ3n) is 2.33. The molecule has 0 aliphatic heterocycles. The van der Waals surface area contributed by atoms with Crippen molar-refractivity contribution in [1.82, 2.24) is 5.32 Å². The van der Waals surface area contributed by atoms with Crippen molar-refractivity contribution in [3.05, 3.63) is 22.4 Å². The van der Waals surface area contributed by atoms with Gasteiger partial charge in [0.1, 0.15) is 11.6 Å². The van der Waals surface area contributed by atoms with Gasteiger partial charge < -0.3 is 14.8 Å². The van der Waals surface area contributed by atoms with Crippen molar-refractivity contribution in [2.24, 2.45) is 0 Å². The van der Waals surface area contributed by atoms with Gasteiger partial charge in [0.25, 0.3) is 0 Å². The SMILES string of the molecule is COC(=O)[C@@H](NC(=O)OC(C)(C)C)C(S)c1ccsc1. The molecule has 20 heavy (non-hydrogen) atoms. The maximum absolute atomic E-state index is 11.8. The van der Waals surface area contributed by atoms with Crippen molar-refractivity contribution in [3.8, 4) is 0 Å². The van der Waals surface area contributed by atoms with Gasteiger partial charge in [-0.1, -0.05) is 0 Å². The van der Waals surface area contributed by atoms with Crippen LogP contribution in [0.1, 0.15) is 31.6 Å². The van der Waals surface area contributed by atoms with Crippen LogP contribution in [0.2, 0.25) is 0 Å². The minimum absolute atomic E-state index is 0.499. The molecule has 2 atom stereocenters. The molecule has 0 aliphatic carbocycles. The van der Waals surface area contributed by atoms with Gasteiger partial charge in [-0.3, -0.25) is 0 Å². The Bertz CT molecular complexity index is 453. The zero-order valence-electron chi connectivity index (χ0n) is 11.9. The molecule has 1 heterocycles. The fourth-order valence-electron chi connectivity index (χ4n) is 1.46. The molecule has 1 N–H and O–H groups in total. The van der Waals surface area contributed by atoms with E-state index in [4.69, 9.17) is 9.47 Å². The first kappa shape index (κ1) is 16.8. The van der Waals surface area contributed by atoms with Gasteiger partial charge in [0.05, 0.1) is 12.4 Å². The predicted octanol–water partition coefficient (Wildman–Crippen LogP) is 2.79. The van der Waals surface area contributed by atoms with Gasteiger partial charge >= 0.3 is 12.1 Å². The molecule has 5 nitrogen and oxygen atoms in total. The third kappa shape index (κ3) is 5.05. The van der Waals surface area contributed by atoms with Gasteiger partial charge in [-0.15, -0.1) is 0 Å². The molecule has 7 heteroatoms. The van der Waals surface area contributed by atoms with Gasteiger partial charge in [0.15, 0.2) is 0 Å². The van der Waals surface area contributed by atoms with E-state index in [0.29, 0.717) is 0 Å². The maximum Gasteiger partial charge on any atom is 0.408 e. The molecular formula is C13H19NO4S2. The summed E-state index contributed by atoms with van der Waals surface area (Å²) in [7, 11) is 1.26. The molecule has 0 bridgehead atoms. The average Bonchev–Trinajstić information content (AvgIpc) is 2.85. The van der Waals surface area contributed by atoms with E-state index in [-0.39, 0.29) is 0 Å². The second-order valence-electron chi connectivity index (χ2n) is 5.15. The lowest BCUT2D eigenvalue weighted by Crippen LogP contribution is -2.46. The van der Waals surface area contributed by atoms with E-state index in [0.717, 1.165) is 5.56 Å². The Balaban J connectivity index is 2.80. The molecule has 1 aromatic heterocycles. The minimum Gasteiger partial charge on any atom is -0.467 e. The molecule has 0 radical (unpaired) electrons. The summed E-state index contributed by atoms with van der Waals surface area (Å²) in [5.74, 6) is -0.568. The first-order chi connectivity index (χ1) is 9.24. The summed E-state index contributed by atoms with van der Waals surface area (Å²) in [6.45, 7) is 5.24. The molecule has 0 saturated heterocycles. The van der Waals surface area contributed by atoms with Crippen molar-refractivity contribution in [2.45, 2.75) is 37.7 Å². The van der Waals surface area contributed by atoms with Crippen LogP contribution in [0.15, 0.2) is 16.8 Å². The van der Waals surface area contributed by atoms with E-state index in [1.807, 2.05) is 16.8 Å². The Hall–Kier alpha value is -1.21. The van der Waals surface area contributed by atoms with E-state index in [1.165, 1.54) is 18.4 Å². The normalized spacial score (nSPS) is 14.2. The van der Waals surface area contributed by atoms with Crippen molar-refractivity contribution in [1.29, 1.82) is 0 Å². The second-order valence-corrected chi connectivity index (χ2v) is 6.48. The molecule has 1 amide bonds. The van der Waals surface area contributed by atoms with Crippen LogP contribution in [0.25, 0.3) is 0 Å². The number of hydrogen-bond donors (Lipinski definition) is 2. The topological polar surface area (TPSA) is 64.6 Å². The highest BCUT2D eigenvalue weighted by atomic mass is 32.1. The van der Waals surface area contributed by atoms with Crippen LogP contribution < -0.4 is 5.32 Å². The van der Waals surface area contributed by atoms with Gasteiger partial charge in [-0.2, -0.15) is 24.0 Å². The Morgan fingerprint density at radius 3 is 2.50 bits per heavy atom. The number of thiol groups is 1. The lowest BCUT2D eigenvalue weighted by Gasteiger charge is -2.25. The fraction of sp³-hybridized carbons (Fsp3) is 0.538. The number of carbonyl (C=O) groups excluding carboxylic acids is 2. The molecular weight excluding hydrogens is 298 g/mol. The van der Waals surface area contributed by atoms with Crippen LogP contribution in [0.3, 0.4) is 0 Å². The number of nitrogens with one attached hydrogen (secondary N) is 1. The van der Waals surface area contributed by atoms with Gasteiger partial charge in [-0.25, -0.2) is 9.59 Å². The van der Waals surface area contributed by atoms with Crippen LogP contribution in [0.4, 0.5) is 4.79 Å². The number of methoxy groups -OCH3 is 1. The smallest absolute Gasteiger partial charge is 0.408 e. The lowest BCUT2D eigenvalue weighted by atomic mass is 10.1. The highest BCUT2D eigenvalue weighted by molar-refractivity contribution is 7.80. The summed E-state index contributed by atoms with van der Waals surface area (Å²) in [5.41, 5.74) is 0.198. The monoisotopic (exact) mass is 317 g/mol. The molecule has 0 fully saturated rings. The van der Waals surface area contributed by atoms with Crippen LogP contribution in [0, 0.1) is 0 Å². The summed E-state index contributed by atoms with van der Waals surface area (Å²) >= 11 is 5.88. The van der Waals surface area contributed by atoms with Crippen molar-refractivity contribution >= 4 is 36.0 Å². The number of carbonyl (C=O) groups is 2. The quantitative estimate of drug-likeness (QED) is 0.662. The predicted molar refractivity (Wildman–Crippen MR) is 81.2 cm³/mol. The standard InChI is InChI=1S/C13H19NO4S2/c1-13(2,3)18-12(16)14-9(11(15)17-4)10(19)8-5-6-20-7-8/h5-7,9-10,19H,1-4H3,(H,14,16)/t9-,10?/m0/s1. The molecule has 112 valence electrons. The summed E-state index contributed by atoms with van der Waals surface area (Å²) in [6.07, 6.45) is -0.679. The second kappa shape index (κ2) is 6.99.